The minimum absolute atomic E-state index is 0.0587. The summed E-state index contributed by atoms with van der Waals surface area (Å²) in [5.41, 5.74) is 2.91. The van der Waals surface area contributed by atoms with Gasteiger partial charge in [0.1, 0.15) is 6.04 Å². The molecular weight excluding hydrogens is 505 g/mol. The number of aromatic nitrogens is 2. The van der Waals surface area contributed by atoms with Gasteiger partial charge < -0.3 is 15.4 Å². The van der Waals surface area contributed by atoms with Gasteiger partial charge >= 0.3 is 12.1 Å². The smallest absolute Gasteiger partial charge is 0.418 e. The highest BCUT2D eigenvalue weighted by molar-refractivity contribution is 7.16. The number of halogens is 4. The lowest BCUT2D eigenvalue weighted by molar-refractivity contribution is -0.145. The molecular formula is C23H18ClF3N4O3S. The zero-order valence-corrected chi connectivity index (χ0v) is 19.5. The molecule has 0 aliphatic carbocycles. The molecule has 1 unspecified atom stereocenters. The molecule has 1 atom stereocenters. The molecule has 0 bridgehead atoms. The Morgan fingerprint density at radius 1 is 1.29 bits per heavy atom. The summed E-state index contributed by atoms with van der Waals surface area (Å²) in [6.07, 6.45) is -4.50. The summed E-state index contributed by atoms with van der Waals surface area (Å²) in [5.74, 6) is -1.87. The van der Waals surface area contributed by atoms with Crippen LogP contribution in [0.15, 0.2) is 35.8 Å². The molecule has 0 radical (unpaired) electrons. The Morgan fingerprint density at radius 3 is 2.83 bits per heavy atom. The zero-order valence-electron chi connectivity index (χ0n) is 17.9. The number of amides is 1. The van der Waals surface area contributed by atoms with Crippen molar-refractivity contribution in [2.75, 3.05) is 11.9 Å². The molecule has 1 aliphatic rings. The van der Waals surface area contributed by atoms with Crippen LogP contribution >= 0.6 is 22.9 Å². The van der Waals surface area contributed by atoms with Gasteiger partial charge in [0.15, 0.2) is 0 Å². The molecule has 1 amide bonds. The first-order chi connectivity index (χ1) is 16.6. The van der Waals surface area contributed by atoms with E-state index < -0.39 is 36.1 Å². The van der Waals surface area contributed by atoms with E-state index in [2.05, 4.69) is 15.3 Å². The second-order valence-electron chi connectivity index (χ2n) is 8.32. The Kier molecular flexibility index (Phi) is 5.94. The standard InChI is InChI=1S/C23H18ClF3N4O3S/c24-11-1-2-16-14(5-11)13-3-4-31(9-17(13)30-16)18(22(33)34)8-20(32)29-12-6-15(23(25,26)27)21-19(7-12)35-10-28-21/h1-2,5-7,10,18,30H,3-4,8-9H2,(H,29,32)(H,33,34). The minimum Gasteiger partial charge on any atom is -0.480 e. The van der Waals surface area contributed by atoms with Gasteiger partial charge in [-0.2, -0.15) is 13.2 Å². The predicted molar refractivity (Wildman–Crippen MR) is 127 cm³/mol. The molecule has 0 saturated heterocycles. The van der Waals surface area contributed by atoms with Gasteiger partial charge in [-0.15, -0.1) is 11.3 Å². The Hall–Kier alpha value is -3.15. The lowest BCUT2D eigenvalue weighted by Crippen LogP contribution is -2.45. The molecule has 12 heteroatoms. The summed E-state index contributed by atoms with van der Waals surface area (Å²) in [5, 5.41) is 13.8. The van der Waals surface area contributed by atoms with Crippen LogP contribution in [0.25, 0.3) is 21.1 Å². The zero-order chi connectivity index (χ0) is 24.9. The third kappa shape index (κ3) is 4.58. The van der Waals surface area contributed by atoms with E-state index in [4.69, 9.17) is 11.6 Å². The number of carbonyl (C=O) groups excluding carboxylic acids is 1. The maximum absolute atomic E-state index is 13.4. The monoisotopic (exact) mass is 522 g/mol. The summed E-state index contributed by atoms with van der Waals surface area (Å²) in [4.78, 5) is 33.5. The van der Waals surface area contributed by atoms with Crippen LogP contribution in [0.2, 0.25) is 5.02 Å². The van der Waals surface area contributed by atoms with Crippen LogP contribution in [-0.2, 0) is 28.7 Å². The first-order valence-electron chi connectivity index (χ1n) is 10.6. The van der Waals surface area contributed by atoms with E-state index in [1.165, 1.54) is 11.6 Å². The number of hydrogen-bond acceptors (Lipinski definition) is 5. The van der Waals surface area contributed by atoms with E-state index in [0.29, 0.717) is 18.0 Å². The second kappa shape index (κ2) is 8.81. The molecule has 0 saturated carbocycles. The average molecular weight is 523 g/mol. The highest BCUT2D eigenvalue weighted by Gasteiger charge is 2.35. The van der Waals surface area contributed by atoms with E-state index in [0.717, 1.165) is 39.6 Å². The van der Waals surface area contributed by atoms with Crippen molar-refractivity contribution in [3.8, 4) is 0 Å². The molecule has 3 heterocycles. The van der Waals surface area contributed by atoms with Crippen LogP contribution in [-0.4, -0.2) is 44.4 Å². The number of anilines is 1. The SMILES string of the molecule is O=C(CC(C(=O)O)N1CCc2c([nH]c3ccc(Cl)cc23)C1)Nc1cc(C(F)(F)F)c2ncsc2c1. The fourth-order valence-corrected chi connectivity index (χ4v) is 5.43. The van der Waals surface area contributed by atoms with Gasteiger partial charge in [0.25, 0.3) is 0 Å². The van der Waals surface area contributed by atoms with Crippen molar-refractivity contribution in [3.05, 3.63) is 57.7 Å². The number of hydrogen-bond donors (Lipinski definition) is 3. The van der Waals surface area contributed by atoms with E-state index in [9.17, 15) is 27.9 Å². The maximum Gasteiger partial charge on any atom is 0.418 e. The second-order valence-corrected chi connectivity index (χ2v) is 9.64. The van der Waals surface area contributed by atoms with Gasteiger partial charge in [-0.05, 0) is 42.3 Å². The summed E-state index contributed by atoms with van der Waals surface area (Å²) in [6, 6.07) is 6.56. The van der Waals surface area contributed by atoms with Crippen LogP contribution in [0.4, 0.5) is 18.9 Å². The van der Waals surface area contributed by atoms with Crippen molar-refractivity contribution in [2.24, 2.45) is 0 Å². The van der Waals surface area contributed by atoms with Crippen molar-refractivity contribution >= 4 is 61.6 Å². The number of nitrogens with zero attached hydrogens (tertiary/aromatic N) is 2. The molecule has 35 heavy (non-hydrogen) atoms. The van der Waals surface area contributed by atoms with E-state index in [1.807, 2.05) is 12.1 Å². The quantitative estimate of drug-likeness (QED) is 0.331. The van der Waals surface area contributed by atoms with Gasteiger partial charge in [0.05, 0.1) is 27.7 Å². The normalized spacial score (nSPS) is 15.3. The number of carbonyl (C=O) groups is 2. The summed E-state index contributed by atoms with van der Waals surface area (Å²) in [6.45, 7) is 0.693. The first-order valence-corrected chi connectivity index (χ1v) is 11.9. The third-order valence-corrected chi connectivity index (χ3v) is 7.11. The molecule has 0 spiro atoms. The summed E-state index contributed by atoms with van der Waals surface area (Å²) in [7, 11) is 0. The number of aromatic amines is 1. The Morgan fingerprint density at radius 2 is 2.09 bits per heavy atom. The average Bonchev–Trinajstić information content (AvgIpc) is 3.39. The number of rotatable bonds is 5. The highest BCUT2D eigenvalue weighted by atomic mass is 35.5. The van der Waals surface area contributed by atoms with E-state index >= 15 is 0 Å². The highest BCUT2D eigenvalue weighted by Crippen LogP contribution is 2.38. The van der Waals surface area contributed by atoms with Gasteiger partial charge in [-0.1, -0.05) is 11.6 Å². The largest absolute Gasteiger partial charge is 0.480 e. The van der Waals surface area contributed by atoms with Crippen molar-refractivity contribution in [1.29, 1.82) is 0 Å². The number of alkyl halides is 3. The van der Waals surface area contributed by atoms with Crippen LogP contribution in [0.5, 0.6) is 0 Å². The van der Waals surface area contributed by atoms with Gasteiger partial charge in [-0.25, -0.2) is 4.98 Å². The van der Waals surface area contributed by atoms with Gasteiger partial charge in [0, 0.05) is 40.4 Å². The minimum atomic E-state index is -4.65. The van der Waals surface area contributed by atoms with Crippen molar-refractivity contribution < 1.29 is 27.9 Å². The maximum atomic E-state index is 13.4. The van der Waals surface area contributed by atoms with Crippen molar-refractivity contribution in [3.63, 3.8) is 0 Å². The predicted octanol–water partition coefficient (Wildman–Crippen LogP) is 5.29. The van der Waals surface area contributed by atoms with Crippen LogP contribution < -0.4 is 5.32 Å². The number of nitrogens with one attached hydrogen (secondary N) is 2. The first kappa shape index (κ1) is 23.6. The van der Waals surface area contributed by atoms with E-state index in [-0.39, 0.29) is 22.4 Å². The number of carboxylic acid groups (broad SMARTS) is 1. The van der Waals surface area contributed by atoms with Crippen LogP contribution in [0.1, 0.15) is 23.2 Å². The van der Waals surface area contributed by atoms with Crippen molar-refractivity contribution in [2.45, 2.75) is 31.6 Å². The Balaban J connectivity index is 1.35. The number of thiazole rings is 1. The number of H-pyrrole nitrogens is 1. The van der Waals surface area contributed by atoms with Crippen molar-refractivity contribution in [1.82, 2.24) is 14.9 Å². The molecule has 2 aromatic carbocycles. The molecule has 0 fully saturated rings. The van der Waals surface area contributed by atoms with Crippen LogP contribution in [0.3, 0.4) is 0 Å². The lowest BCUT2D eigenvalue weighted by atomic mass is 10.0. The fraction of sp³-hybridized carbons (Fsp3) is 0.261. The molecule has 2 aromatic heterocycles. The summed E-state index contributed by atoms with van der Waals surface area (Å²) < 4.78 is 40.6. The number of carboxylic acids is 1. The van der Waals surface area contributed by atoms with Crippen LogP contribution in [0, 0.1) is 0 Å². The molecule has 7 nitrogen and oxygen atoms in total. The summed E-state index contributed by atoms with van der Waals surface area (Å²) >= 11 is 7.13. The van der Waals surface area contributed by atoms with E-state index in [1.54, 1.807) is 11.0 Å². The number of fused-ring (bicyclic) bond motifs is 4. The molecule has 4 aromatic rings. The molecule has 1 aliphatic heterocycles. The Bertz CT molecular complexity index is 1470. The third-order valence-electron chi connectivity index (χ3n) is 6.10. The Labute approximate surface area is 205 Å². The lowest BCUT2D eigenvalue weighted by Gasteiger charge is -2.31. The molecule has 3 N–H and O–H groups in total. The molecule has 5 rings (SSSR count). The van der Waals surface area contributed by atoms with Gasteiger partial charge in [0.2, 0.25) is 5.91 Å². The van der Waals surface area contributed by atoms with Gasteiger partial charge in [-0.3, -0.25) is 14.5 Å². The number of benzene rings is 2. The molecule has 182 valence electrons. The topological polar surface area (TPSA) is 98.3 Å². The number of aliphatic carboxylic acids is 1. The fourth-order valence-electron chi connectivity index (χ4n) is 4.51.